The van der Waals surface area contributed by atoms with Crippen molar-refractivity contribution in [1.29, 1.82) is 0 Å². The molecule has 2 aromatic heterocycles. The van der Waals surface area contributed by atoms with E-state index in [1.165, 1.54) is 0 Å². The van der Waals surface area contributed by atoms with Crippen LogP contribution in [0.1, 0.15) is 25.6 Å². The van der Waals surface area contributed by atoms with E-state index in [1.54, 1.807) is 4.52 Å². The first-order valence-corrected chi connectivity index (χ1v) is 6.95. The maximum atomic E-state index is 10.4. The molecule has 0 amide bonds. The predicted molar refractivity (Wildman–Crippen MR) is 73.7 cm³/mol. The lowest BCUT2D eigenvalue weighted by atomic mass is 9.94. The highest BCUT2D eigenvalue weighted by atomic mass is 16.5. The van der Waals surface area contributed by atoms with Crippen LogP contribution in [0.4, 0.5) is 5.82 Å². The fraction of sp³-hybridized carbons (Fsp3) is 0.615. The summed E-state index contributed by atoms with van der Waals surface area (Å²) in [5, 5.41) is 26.2. The Bertz CT molecular complexity index is 591. The van der Waals surface area contributed by atoms with Crippen LogP contribution in [0.25, 0.3) is 5.65 Å². The van der Waals surface area contributed by atoms with Crippen molar-refractivity contribution in [2.45, 2.75) is 31.8 Å². The minimum absolute atomic E-state index is 0.471. The first-order valence-electron chi connectivity index (χ1n) is 6.95. The molecule has 2 N–H and O–H groups in total. The van der Waals surface area contributed by atoms with Crippen molar-refractivity contribution in [2.24, 2.45) is 0 Å². The van der Waals surface area contributed by atoms with Gasteiger partial charge in [-0.1, -0.05) is 6.92 Å². The highest BCUT2D eigenvalue weighted by Gasteiger charge is 2.29. The van der Waals surface area contributed by atoms with Crippen LogP contribution in [0.3, 0.4) is 0 Å². The number of aliphatic hydroxyl groups is 1. The molecule has 1 saturated heterocycles. The van der Waals surface area contributed by atoms with Crippen LogP contribution in [-0.2, 0) is 11.2 Å². The summed E-state index contributed by atoms with van der Waals surface area (Å²) < 4.78 is 7.00. The van der Waals surface area contributed by atoms with Gasteiger partial charge in [0, 0.05) is 39.0 Å². The molecule has 0 aromatic carbocycles. The first kappa shape index (κ1) is 13.3. The van der Waals surface area contributed by atoms with Gasteiger partial charge in [-0.25, -0.2) is 0 Å². The van der Waals surface area contributed by atoms with Crippen molar-refractivity contribution in [2.75, 3.05) is 25.1 Å². The number of aromatic nitrogens is 4. The Labute approximate surface area is 117 Å². The minimum atomic E-state index is -0.713. The summed E-state index contributed by atoms with van der Waals surface area (Å²) in [4.78, 5) is 0. The van der Waals surface area contributed by atoms with Gasteiger partial charge in [0.15, 0.2) is 11.5 Å². The van der Waals surface area contributed by atoms with Crippen LogP contribution in [0.5, 0.6) is 0 Å². The lowest BCUT2D eigenvalue weighted by Crippen LogP contribution is -2.42. The molecule has 108 valence electrons. The fourth-order valence-corrected chi connectivity index (χ4v) is 2.33. The summed E-state index contributed by atoms with van der Waals surface area (Å²) in [5.74, 6) is 1.54. The first-order chi connectivity index (χ1) is 9.70. The second-order valence-corrected chi connectivity index (χ2v) is 5.15. The molecule has 0 saturated carbocycles. The lowest BCUT2D eigenvalue weighted by Gasteiger charge is -2.32. The Balaban J connectivity index is 1.73. The fourth-order valence-electron chi connectivity index (χ4n) is 2.33. The number of anilines is 1. The Kier molecular flexibility index (Phi) is 3.54. The molecular formula is C13H19N5O2. The molecule has 1 fully saturated rings. The summed E-state index contributed by atoms with van der Waals surface area (Å²) in [6.07, 6.45) is 2.07. The minimum Gasteiger partial charge on any atom is -0.388 e. The number of rotatable bonds is 4. The van der Waals surface area contributed by atoms with E-state index in [2.05, 4.69) is 20.6 Å². The summed E-state index contributed by atoms with van der Waals surface area (Å²) in [7, 11) is 0. The summed E-state index contributed by atoms with van der Waals surface area (Å²) in [5.41, 5.74) is 0.0209. The predicted octanol–water partition coefficient (Wildman–Crippen LogP) is 0.640. The molecule has 2 aromatic rings. The third-order valence-electron chi connectivity index (χ3n) is 3.67. The second-order valence-electron chi connectivity index (χ2n) is 5.15. The number of fused-ring (bicyclic) bond motifs is 1. The topological polar surface area (TPSA) is 84.6 Å². The van der Waals surface area contributed by atoms with Crippen LogP contribution in [0, 0.1) is 0 Å². The smallest absolute Gasteiger partial charge is 0.178 e. The molecule has 3 rings (SSSR count). The summed E-state index contributed by atoms with van der Waals surface area (Å²) in [6, 6.07) is 3.72. The van der Waals surface area contributed by atoms with Gasteiger partial charge in [0.2, 0.25) is 0 Å². The highest BCUT2D eigenvalue weighted by molar-refractivity contribution is 5.44. The number of aryl methyl sites for hydroxylation is 1. The van der Waals surface area contributed by atoms with Gasteiger partial charge in [-0.3, -0.25) is 0 Å². The number of hydrogen-bond acceptors (Lipinski definition) is 6. The van der Waals surface area contributed by atoms with Crippen molar-refractivity contribution >= 4 is 11.5 Å². The average Bonchev–Trinajstić information content (AvgIpc) is 2.88. The number of nitrogens with zero attached hydrogens (tertiary/aromatic N) is 4. The molecule has 0 radical (unpaired) electrons. The van der Waals surface area contributed by atoms with Crippen molar-refractivity contribution in [3.05, 3.63) is 18.0 Å². The monoisotopic (exact) mass is 277 g/mol. The van der Waals surface area contributed by atoms with E-state index in [4.69, 9.17) is 4.74 Å². The van der Waals surface area contributed by atoms with Crippen LogP contribution in [0.15, 0.2) is 12.1 Å². The zero-order chi connectivity index (χ0) is 14.0. The molecular weight excluding hydrogens is 258 g/mol. The van der Waals surface area contributed by atoms with Crippen molar-refractivity contribution in [3.8, 4) is 0 Å². The van der Waals surface area contributed by atoms with Crippen molar-refractivity contribution in [3.63, 3.8) is 0 Å². The Morgan fingerprint density at radius 1 is 1.35 bits per heavy atom. The molecule has 20 heavy (non-hydrogen) atoms. The van der Waals surface area contributed by atoms with Gasteiger partial charge >= 0.3 is 0 Å². The Morgan fingerprint density at radius 2 is 2.15 bits per heavy atom. The quantitative estimate of drug-likeness (QED) is 0.853. The van der Waals surface area contributed by atoms with Crippen LogP contribution in [0.2, 0.25) is 0 Å². The number of ether oxygens (including phenoxy) is 1. The standard InChI is InChI=1S/C13H19N5O2/c1-2-11-15-16-12-4-3-10(17-18(11)12)14-9-13(19)5-7-20-8-6-13/h3-4,19H,2,5-9H2,1H3,(H,14,17). The van der Waals surface area contributed by atoms with Gasteiger partial charge in [-0.2, -0.15) is 4.52 Å². The third kappa shape index (κ3) is 2.59. The van der Waals surface area contributed by atoms with Crippen LogP contribution < -0.4 is 5.32 Å². The Hall–Kier alpha value is -1.73. The van der Waals surface area contributed by atoms with E-state index < -0.39 is 5.60 Å². The zero-order valence-corrected chi connectivity index (χ0v) is 11.5. The molecule has 0 unspecified atom stereocenters. The van der Waals surface area contributed by atoms with Crippen molar-refractivity contribution in [1.82, 2.24) is 19.8 Å². The zero-order valence-electron chi connectivity index (χ0n) is 11.5. The largest absolute Gasteiger partial charge is 0.388 e. The maximum absolute atomic E-state index is 10.4. The molecule has 0 aliphatic carbocycles. The van der Waals surface area contributed by atoms with E-state index in [0.717, 1.165) is 17.9 Å². The van der Waals surface area contributed by atoms with Crippen LogP contribution in [-0.4, -0.2) is 50.3 Å². The summed E-state index contributed by atoms with van der Waals surface area (Å²) in [6.45, 7) is 3.70. The van der Waals surface area contributed by atoms with E-state index in [9.17, 15) is 5.11 Å². The molecule has 0 atom stereocenters. The lowest BCUT2D eigenvalue weighted by molar-refractivity contribution is -0.0543. The molecule has 7 heteroatoms. The van der Waals surface area contributed by atoms with Gasteiger partial charge in [0.25, 0.3) is 0 Å². The summed E-state index contributed by atoms with van der Waals surface area (Å²) >= 11 is 0. The SMILES string of the molecule is CCc1nnc2ccc(NCC3(O)CCOCC3)nn12. The molecule has 0 spiro atoms. The van der Waals surface area contributed by atoms with Gasteiger partial charge in [0.05, 0.1) is 5.60 Å². The van der Waals surface area contributed by atoms with Crippen molar-refractivity contribution < 1.29 is 9.84 Å². The highest BCUT2D eigenvalue weighted by Crippen LogP contribution is 2.20. The molecule has 3 heterocycles. The third-order valence-corrected chi connectivity index (χ3v) is 3.67. The molecule has 0 bridgehead atoms. The van der Waals surface area contributed by atoms with Gasteiger partial charge in [-0.15, -0.1) is 15.3 Å². The second kappa shape index (κ2) is 5.34. The molecule has 1 aliphatic heterocycles. The van der Waals surface area contributed by atoms with E-state index in [0.29, 0.717) is 38.4 Å². The van der Waals surface area contributed by atoms with E-state index >= 15 is 0 Å². The molecule has 7 nitrogen and oxygen atoms in total. The molecule has 1 aliphatic rings. The average molecular weight is 277 g/mol. The number of nitrogens with one attached hydrogen (secondary N) is 1. The Morgan fingerprint density at radius 3 is 2.90 bits per heavy atom. The van der Waals surface area contributed by atoms with Crippen LogP contribution >= 0.6 is 0 Å². The normalized spacial score (nSPS) is 18.3. The van der Waals surface area contributed by atoms with E-state index in [1.807, 2.05) is 19.1 Å². The van der Waals surface area contributed by atoms with E-state index in [-0.39, 0.29) is 0 Å². The van der Waals surface area contributed by atoms with Gasteiger partial charge < -0.3 is 15.2 Å². The van der Waals surface area contributed by atoms with Gasteiger partial charge in [-0.05, 0) is 12.1 Å². The maximum Gasteiger partial charge on any atom is 0.178 e. The number of hydrogen-bond donors (Lipinski definition) is 2. The van der Waals surface area contributed by atoms with Gasteiger partial charge in [0.1, 0.15) is 5.82 Å².